The zero-order valence-electron chi connectivity index (χ0n) is 15.5. The monoisotopic (exact) mass is 356 g/mol. The van der Waals surface area contributed by atoms with Crippen LogP contribution in [0.4, 0.5) is 0 Å². The molecule has 0 aliphatic carbocycles. The van der Waals surface area contributed by atoms with Gasteiger partial charge in [-0.05, 0) is 49.2 Å². The molecule has 1 atom stereocenters. The van der Waals surface area contributed by atoms with E-state index in [-0.39, 0.29) is 12.3 Å². The number of nitrogens with zero attached hydrogens (tertiary/aromatic N) is 1. The Labute approximate surface area is 155 Å². The first-order valence-electron chi connectivity index (χ1n) is 8.94. The van der Waals surface area contributed by atoms with Gasteiger partial charge in [-0.25, -0.2) is 5.48 Å². The number of hydrogen-bond donors (Lipinski definition) is 3. The minimum atomic E-state index is -0.538. The summed E-state index contributed by atoms with van der Waals surface area (Å²) in [6.07, 6.45) is 1.69. The molecule has 0 aliphatic heterocycles. The zero-order chi connectivity index (χ0) is 18.9. The van der Waals surface area contributed by atoms with Gasteiger partial charge < -0.3 is 10.0 Å². The number of benzene rings is 2. The van der Waals surface area contributed by atoms with Crippen molar-refractivity contribution in [2.24, 2.45) is 0 Å². The lowest BCUT2D eigenvalue weighted by atomic mass is 9.98. The topological polar surface area (TPSA) is 72.8 Å². The van der Waals surface area contributed by atoms with Crippen LogP contribution in [0.15, 0.2) is 48.5 Å². The number of hydroxylamine groups is 1. The summed E-state index contributed by atoms with van der Waals surface area (Å²) in [6.45, 7) is 0.922. The third kappa shape index (κ3) is 6.26. The van der Waals surface area contributed by atoms with Gasteiger partial charge in [-0.15, -0.1) is 0 Å². The Morgan fingerprint density at radius 2 is 1.58 bits per heavy atom. The maximum atomic E-state index is 10.9. The largest absolute Gasteiger partial charge is 0.388 e. The second-order valence-electron chi connectivity index (χ2n) is 6.85. The third-order valence-corrected chi connectivity index (χ3v) is 4.34. The van der Waals surface area contributed by atoms with E-state index < -0.39 is 6.10 Å². The summed E-state index contributed by atoms with van der Waals surface area (Å²) >= 11 is 0. The molecule has 2 aromatic carbocycles. The molecule has 0 bridgehead atoms. The average molecular weight is 356 g/mol. The first-order valence-corrected chi connectivity index (χ1v) is 8.94. The Morgan fingerprint density at radius 1 is 1.00 bits per heavy atom. The van der Waals surface area contributed by atoms with Gasteiger partial charge >= 0.3 is 0 Å². The van der Waals surface area contributed by atoms with Gasteiger partial charge in [0.05, 0.1) is 6.10 Å². The normalized spacial score (nSPS) is 12.2. The summed E-state index contributed by atoms with van der Waals surface area (Å²) < 4.78 is 0. The zero-order valence-corrected chi connectivity index (χ0v) is 15.5. The highest BCUT2D eigenvalue weighted by atomic mass is 16.5. The molecule has 0 fully saturated rings. The van der Waals surface area contributed by atoms with Crippen LogP contribution >= 0.6 is 0 Å². The Kier molecular flexibility index (Phi) is 7.78. The molecule has 2 rings (SSSR count). The van der Waals surface area contributed by atoms with Gasteiger partial charge in [0.25, 0.3) is 0 Å². The summed E-state index contributed by atoms with van der Waals surface area (Å²) in [5, 5.41) is 18.7. The molecule has 0 radical (unpaired) electrons. The molecule has 0 aromatic heterocycles. The molecule has 5 heteroatoms. The number of nitrogens with one attached hydrogen (secondary N) is 1. The second-order valence-corrected chi connectivity index (χ2v) is 6.85. The number of hydrogen-bond acceptors (Lipinski definition) is 4. The van der Waals surface area contributed by atoms with Crippen LogP contribution in [-0.4, -0.2) is 35.2 Å². The van der Waals surface area contributed by atoms with Gasteiger partial charge in [-0.1, -0.05) is 55.0 Å². The number of rotatable bonds is 9. The predicted octanol–water partition coefficient (Wildman–Crippen LogP) is 3.51. The van der Waals surface area contributed by atoms with Crippen molar-refractivity contribution in [2.75, 3.05) is 14.1 Å². The van der Waals surface area contributed by atoms with Gasteiger partial charge in [-0.3, -0.25) is 10.0 Å². The van der Waals surface area contributed by atoms with E-state index in [4.69, 9.17) is 5.21 Å². The minimum absolute atomic E-state index is 0.270. The third-order valence-electron chi connectivity index (χ3n) is 4.34. The summed E-state index contributed by atoms with van der Waals surface area (Å²) in [5.41, 5.74) is 6.05. The Balaban J connectivity index is 1.89. The number of amides is 1. The molecule has 0 aliphatic rings. The van der Waals surface area contributed by atoms with Crippen LogP contribution in [0.5, 0.6) is 0 Å². The molecule has 0 unspecified atom stereocenters. The van der Waals surface area contributed by atoms with Crippen LogP contribution in [0.1, 0.15) is 42.9 Å². The fourth-order valence-electron chi connectivity index (χ4n) is 2.91. The van der Waals surface area contributed by atoms with Gasteiger partial charge in [-0.2, -0.15) is 0 Å². The van der Waals surface area contributed by atoms with Crippen molar-refractivity contribution in [1.29, 1.82) is 0 Å². The lowest BCUT2D eigenvalue weighted by Crippen LogP contribution is -2.17. The molecule has 5 nitrogen and oxygen atoms in total. The molecule has 0 saturated heterocycles. The van der Waals surface area contributed by atoms with Crippen molar-refractivity contribution in [1.82, 2.24) is 10.4 Å². The molecule has 2 aromatic rings. The van der Waals surface area contributed by atoms with E-state index in [9.17, 15) is 9.90 Å². The van der Waals surface area contributed by atoms with E-state index >= 15 is 0 Å². The standard InChI is InChI=1S/C21H28N2O3/c1-23(2)15-16-7-9-17(10-8-16)18-11-13-19(14-12-18)20(24)5-3-4-6-21(25)22-26/h7-14,20,24,26H,3-6,15H2,1-2H3,(H,22,25)/t20-/m0/s1. The molecule has 3 N–H and O–H groups in total. The summed E-state index contributed by atoms with van der Waals surface area (Å²) in [6, 6.07) is 16.5. The first-order chi connectivity index (χ1) is 12.5. The molecule has 140 valence electrons. The van der Waals surface area contributed by atoms with Crippen LogP contribution in [0.2, 0.25) is 0 Å². The molecular weight excluding hydrogens is 328 g/mol. The summed E-state index contributed by atoms with van der Waals surface area (Å²) in [5.74, 6) is -0.388. The molecule has 0 spiro atoms. The smallest absolute Gasteiger partial charge is 0.243 e. The fourth-order valence-corrected chi connectivity index (χ4v) is 2.91. The highest BCUT2D eigenvalue weighted by Crippen LogP contribution is 2.25. The number of aliphatic hydroxyl groups excluding tert-OH is 1. The molecule has 0 saturated carbocycles. The van der Waals surface area contributed by atoms with Gasteiger partial charge in [0.15, 0.2) is 0 Å². The van der Waals surface area contributed by atoms with Crippen molar-refractivity contribution >= 4 is 5.91 Å². The minimum Gasteiger partial charge on any atom is -0.388 e. The van der Waals surface area contributed by atoms with Gasteiger partial charge in [0, 0.05) is 13.0 Å². The number of unbranched alkanes of at least 4 members (excludes halogenated alkanes) is 1. The fraction of sp³-hybridized carbons (Fsp3) is 0.381. The van der Waals surface area contributed by atoms with E-state index in [1.54, 1.807) is 5.48 Å². The van der Waals surface area contributed by atoms with E-state index in [0.29, 0.717) is 12.8 Å². The maximum absolute atomic E-state index is 10.9. The van der Waals surface area contributed by atoms with E-state index in [2.05, 4.69) is 43.3 Å². The number of aliphatic hydroxyl groups is 1. The lowest BCUT2D eigenvalue weighted by molar-refractivity contribution is -0.129. The summed E-state index contributed by atoms with van der Waals surface area (Å²) in [4.78, 5) is 13.1. The SMILES string of the molecule is CN(C)Cc1ccc(-c2ccc([C@@H](O)CCCCC(=O)NO)cc2)cc1. The first kappa shape index (κ1) is 20.1. The van der Waals surface area contributed by atoms with Gasteiger partial charge in [0.1, 0.15) is 0 Å². The Hall–Kier alpha value is -2.21. The average Bonchev–Trinajstić information content (AvgIpc) is 2.65. The highest BCUT2D eigenvalue weighted by Gasteiger charge is 2.08. The van der Waals surface area contributed by atoms with E-state index in [1.165, 1.54) is 5.56 Å². The van der Waals surface area contributed by atoms with Crippen LogP contribution < -0.4 is 5.48 Å². The van der Waals surface area contributed by atoms with E-state index in [0.717, 1.165) is 29.7 Å². The molecule has 0 heterocycles. The van der Waals surface area contributed by atoms with Crippen molar-refractivity contribution in [3.8, 4) is 11.1 Å². The van der Waals surface area contributed by atoms with Crippen LogP contribution in [0.3, 0.4) is 0 Å². The van der Waals surface area contributed by atoms with Crippen LogP contribution in [0.25, 0.3) is 11.1 Å². The van der Waals surface area contributed by atoms with Crippen LogP contribution in [0, 0.1) is 0 Å². The predicted molar refractivity (Wildman–Crippen MR) is 103 cm³/mol. The Morgan fingerprint density at radius 3 is 2.12 bits per heavy atom. The van der Waals surface area contributed by atoms with Crippen molar-refractivity contribution < 1.29 is 15.1 Å². The van der Waals surface area contributed by atoms with E-state index in [1.807, 2.05) is 24.3 Å². The van der Waals surface area contributed by atoms with Gasteiger partial charge in [0.2, 0.25) is 5.91 Å². The molecular formula is C21H28N2O3. The lowest BCUT2D eigenvalue weighted by Gasteiger charge is -2.12. The van der Waals surface area contributed by atoms with Crippen molar-refractivity contribution in [3.05, 3.63) is 59.7 Å². The second kappa shape index (κ2) is 10.1. The molecule has 1 amide bonds. The Bertz CT molecular complexity index is 681. The molecule has 26 heavy (non-hydrogen) atoms. The maximum Gasteiger partial charge on any atom is 0.243 e. The highest BCUT2D eigenvalue weighted by molar-refractivity contribution is 5.74. The van der Waals surface area contributed by atoms with Crippen molar-refractivity contribution in [2.45, 2.75) is 38.3 Å². The quantitative estimate of drug-likeness (QED) is 0.365. The summed E-state index contributed by atoms with van der Waals surface area (Å²) in [7, 11) is 4.11. The number of carbonyl (C=O) groups is 1. The number of carbonyl (C=O) groups excluding carboxylic acids is 1. The van der Waals surface area contributed by atoms with Crippen molar-refractivity contribution in [3.63, 3.8) is 0 Å². The van der Waals surface area contributed by atoms with Crippen LogP contribution in [-0.2, 0) is 11.3 Å².